The van der Waals surface area contributed by atoms with Gasteiger partial charge in [-0.1, -0.05) is 0 Å². The number of nitrogens with zero attached hydrogens (tertiary/aromatic N) is 2. The van der Waals surface area contributed by atoms with Gasteiger partial charge in [-0.25, -0.2) is 0 Å². The van der Waals surface area contributed by atoms with Crippen LogP contribution in [-0.2, 0) is 0 Å². The van der Waals surface area contributed by atoms with Crippen molar-refractivity contribution in [2.45, 2.75) is 6.18 Å². The summed E-state index contributed by atoms with van der Waals surface area (Å²) in [5.74, 6) is 0.587. The minimum Gasteiger partial charge on any atom is -0.386 e. The van der Waals surface area contributed by atoms with Crippen LogP contribution in [0.2, 0.25) is 0 Å². The smallest absolute Gasteiger partial charge is 0.386 e. The van der Waals surface area contributed by atoms with E-state index in [1.807, 2.05) is 0 Å². The molecule has 0 aliphatic carbocycles. The van der Waals surface area contributed by atoms with Crippen LogP contribution in [0, 0.1) is 0 Å². The first-order valence-electron chi connectivity index (χ1n) is 5.50. The van der Waals surface area contributed by atoms with Crippen LogP contribution in [-0.4, -0.2) is 48.7 Å². The number of rotatable bonds is 3. The molecule has 0 atom stereocenters. The molecule has 1 saturated heterocycles. The molecule has 1 aliphatic heterocycles. The van der Waals surface area contributed by atoms with Crippen LogP contribution in [0.1, 0.15) is 0 Å². The topological polar surface area (TPSA) is 84.5 Å². The van der Waals surface area contributed by atoms with Gasteiger partial charge in [0.15, 0.2) is 0 Å². The summed E-state index contributed by atoms with van der Waals surface area (Å²) in [5, 5.41) is 0. The predicted molar refractivity (Wildman–Crippen MR) is 62.8 cm³/mol. The zero-order valence-corrected chi connectivity index (χ0v) is 9.95. The maximum absolute atomic E-state index is 12.2. The molecular formula is C10H18F3N5. The van der Waals surface area contributed by atoms with Gasteiger partial charge in [-0.05, 0) is 12.2 Å². The maximum Gasteiger partial charge on any atom is 0.401 e. The second kappa shape index (κ2) is 5.85. The second-order valence-corrected chi connectivity index (χ2v) is 4.14. The van der Waals surface area contributed by atoms with Crippen LogP contribution < -0.4 is 17.2 Å². The Labute approximate surface area is 104 Å². The molecule has 5 nitrogen and oxygen atoms in total. The summed E-state index contributed by atoms with van der Waals surface area (Å²) in [6.07, 6.45) is -1.15. The second-order valence-electron chi connectivity index (χ2n) is 4.14. The Bertz CT molecular complexity index is 325. The highest BCUT2D eigenvalue weighted by molar-refractivity contribution is 5.12. The zero-order valence-electron chi connectivity index (χ0n) is 9.95. The quantitative estimate of drug-likeness (QED) is 0.611. The lowest BCUT2D eigenvalue weighted by molar-refractivity contribution is -0.148. The van der Waals surface area contributed by atoms with Gasteiger partial charge in [-0.3, -0.25) is 4.90 Å². The molecule has 0 radical (unpaired) electrons. The van der Waals surface area contributed by atoms with Crippen LogP contribution in [0.15, 0.2) is 23.8 Å². The van der Waals surface area contributed by atoms with Gasteiger partial charge in [-0.15, -0.1) is 0 Å². The summed E-state index contributed by atoms with van der Waals surface area (Å²) in [4.78, 5) is 3.16. The Kier molecular flexibility index (Phi) is 4.71. The molecular weight excluding hydrogens is 247 g/mol. The van der Waals surface area contributed by atoms with E-state index >= 15 is 0 Å². The Morgan fingerprint density at radius 3 is 2.00 bits per heavy atom. The van der Waals surface area contributed by atoms with Crippen molar-refractivity contribution in [1.82, 2.24) is 9.80 Å². The summed E-state index contributed by atoms with van der Waals surface area (Å²) in [7, 11) is 0. The first-order chi connectivity index (χ1) is 8.28. The molecule has 104 valence electrons. The molecule has 0 aromatic rings. The van der Waals surface area contributed by atoms with Crippen molar-refractivity contribution in [2.24, 2.45) is 17.2 Å². The van der Waals surface area contributed by atoms with E-state index in [1.165, 1.54) is 11.0 Å². The lowest BCUT2D eigenvalue weighted by atomic mass is 10.3. The molecule has 0 spiro atoms. The monoisotopic (exact) mass is 265 g/mol. The number of alkyl halides is 3. The third-order valence-electron chi connectivity index (χ3n) is 2.59. The van der Waals surface area contributed by atoms with Crippen molar-refractivity contribution in [1.29, 1.82) is 0 Å². The van der Waals surface area contributed by atoms with Crippen molar-refractivity contribution in [3.63, 3.8) is 0 Å². The predicted octanol–water partition coefficient (Wildman–Crippen LogP) is -0.275. The molecule has 18 heavy (non-hydrogen) atoms. The van der Waals surface area contributed by atoms with E-state index in [0.29, 0.717) is 32.0 Å². The van der Waals surface area contributed by atoms with Gasteiger partial charge in [0.05, 0.1) is 18.2 Å². The largest absolute Gasteiger partial charge is 0.401 e. The summed E-state index contributed by atoms with van der Waals surface area (Å²) < 4.78 is 36.5. The zero-order chi connectivity index (χ0) is 13.8. The molecule has 1 rings (SSSR count). The average Bonchev–Trinajstić information content (AvgIpc) is 2.24. The molecule has 1 fully saturated rings. The molecule has 0 unspecified atom stereocenters. The Hall–Kier alpha value is -1.57. The number of nitrogens with two attached hydrogens (primary N) is 3. The van der Waals surface area contributed by atoms with Gasteiger partial charge in [0.2, 0.25) is 0 Å². The summed E-state index contributed by atoms with van der Waals surface area (Å²) in [5.41, 5.74) is 16.3. The maximum atomic E-state index is 12.2. The van der Waals surface area contributed by atoms with Crippen LogP contribution >= 0.6 is 0 Å². The normalized spacial score (nSPS) is 18.8. The van der Waals surface area contributed by atoms with Crippen molar-refractivity contribution < 1.29 is 13.2 Å². The molecule has 8 heteroatoms. The molecule has 0 bridgehead atoms. The van der Waals surface area contributed by atoms with Crippen molar-refractivity contribution >= 4 is 0 Å². The molecule has 0 amide bonds. The third kappa shape index (κ3) is 5.17. The Balaban J connectivity index is 2.44. The number of hydrogen-bond donors (Lipinski definition) is 3. The highest BCUT2D eigenvalue weighted by Crippen LogP contribution is 2.17. The van der Waals surface area contributed by atoms with Crippen LogP contribution in [0.5, 0.6) is 0 Å². The average molecular weight is 265 g/mol. The molecule has 0 saturated carbocycles. The van der Waals surface area contributed by atoms with Gasteiger partial charge in [0, 0.05) is 26.2 Å². The van der Waals surface area contributed by atoms with E-state index in [9.17, 15) is 13.2 Å². The molecule has 0 aromatic carbocycles. The van der Waals surface area contributed by atoms with Crippen molar-refractivity contribution in [3.8, 4) is 0 Å². The highest BCUT2D eigenvalue weighted by atomic mass is 19.4. The fourth-order valence-electron chi connectivity index (χ4n) is 1.70. The minimum absolute atomic E-state index is 0.133. The fourth-order valence-corrected chi connectivity index (χ4v) is 1.70. The summed E-state index contributed by atoms with van der Waals surface area (Å²) >= 11 is 0. The molecule has 1 heterocycles. The van der Waals surface area contributed by atoms with Crippen LogP contribution in [0.4, 0.5) is 13.2 Å². The third-order valence-corrected chi connectivity index (χ3v) is 2.59. The Morgan fingerprint density at radius 2 is 1.56 bits per heavy atom. The first-order valence-corrected chi connectivity index (χ1v) is 5.50. The van der Waals surface area contributed by atoms with Crippen molar-refractivity contribution in [2.75, 3.05) is 32.7 Å². The number of hydrogen-bond acceptors (Lipinski definition) is 5. The van der Waals surface area contributed by atoms with Gasteiger partial charge in [0.1, 0.15) is 0 Å². The summed E-state index contributed by atoms with van der Waals surface area (Å²) in [6, 6.07) is 0. The van der Waals surface area contributed by atoms with Gasteiger partial charge in [0.25, 0.3) is 0 Å². The highest BCUT2D eigenvalue weighted by Gasteiger charge is 2.32. The standard InChI is InChI=1S/C10H18F3N5/c11-10(12,13)7-17-3-5-18(6-4-17)9(16)2-1-8(14)15/h1-2H,3-7,14-16H2/b9-2+. The van der Waals surface area contributed by atoms with Crippen LogP contribution in [0.25, 0.3) is 0 Å². The van der Waals surface area contributed by atoms with E-state index in [2.05, 4.69) is 0 Å². The molecule has 6 N–H and O–H groups in total. The van der Waals surface area contributed by atoms with E-state index in [-0.39, 0.29) is 5.82 Å². The minimum atomic E-state index is -4.15. The summed E-state index contributed by atoms with van der Waals surface area (Å²) in [6.45, 7) is 0.694. The van der Waals surface area contributed by atoms with Crippen molar-refractivity contribution in [3.05, 3.63) is 23.8 Å². The van der Waals surface area contributed by atoms with E-state index in [0.717, 1.165) is 0 Å². The Morgan fingerprint density at radius 1 is 1.00 bits per heavy atom. The van der Waals surface area contributed by atoms with E-state index < -0.39 is 12.7 Å². The van der Waals surface area contributed by atoms with Gasteiger partial charge in [-0.2, -0.15) is 13.2 Å². The SMILES string of the molecule is NC(N)=C/C=C(\N)N1CCN(CC(F)(F)F)CC1. The lowest BCUT2D eigenvalue weighted by Crippen LogP contribution is -2.49. The van der Waals surface area contributed by atoms with Crippen LogP contribution in [0.3, 0.4) is 0 Å². The van der Waals surface area contributed by atoms with Gasteiger partial charge < -0.3 is 22.1 Å². The number of halogens is 3. The lowest BCUT2D eigenvalue weighted by Gasteiger charge is -2.36. The van der Waals surface area contributed by atoms with Gasteiger partial charge >= 0.3 is 6.18 Å². The van der Waals surface area contributed by atoms with E-state index in [4.69, 9.17) is 17.2 Å². The molecule has 0 aromatic heterocycles. The van der Waals surface area contributed by atoms with E-state index in [1.54, 1.807) is 11.0 Å². The number of allylic oxidation sites excluding steroid dienone is 2. The molecule has 1 aliphatic rings. The fraction of sp³-hybridized carbons (Fsp3) is 0.600. The number of piperazine rings is 1. The first kappa shape index (κ1) is 14.5.